The van der Waals surface area contributed by atoms with E-state index in [1.165, 1.54) is 12.1 Å². The van der Waals surface area contributed by atoms with Gasteiger partial charge in [0, 0.05) is 0 Å². The van der Waals surface area contributed by atoms with Crippen LogP contribution < -0.4 is 4.72 Å². The minimum absolute atomic E-state index is 0.184. The van der Waals surface area contributed by atoms with E-state index in [0.29, 0.717) is 12.1 Å². The number of esters is 1. The van der Waals surface area contributed by atoms with Gasteiger partial charge in [0.05, 0.1) is 19.6 Å². The van der Waals surface area contributed by atoms with Gasteiger partial charge in [0.1, 0.15) is 10.7 Å². The Morgan fingerprint density at radius 3 is 2.23 bits per heavy atom. The lowest BCUT2D eigenvalue weighted by Gasteiger charge is -2.18. The molecule has 2 rings (SSSR count). The number of hydrogen-bond donors (Lipinski definition) is 1. The van der Waals surface area contributed by atoms with Gasteiger partial charge in [-0.3, -0.25) is 4.79 Å². The summed E-state index contributed by atoms with van der Waals surface area (Å²) < 4.78 is 84.4. The fourth-order valence-corrected chi connectivity index (χ4v) is 3.43. The monoisotopic (exact) mass is 391 g/mol. The SMILES string of the molecule is COC(=O)CC(NS(=O)(=O)c1ccc(F)c(F)c1F)c1ccc(F)cc1. The Morgan fingerprint density at radius 1 is 1.04 bits per heavy atom. The summed E-state index contributed by atoms with van der Waals surface area (Å²) in [6.07, 6.45) is -0.493. The first-order chi connectivity index (χ1) is 12.2. The van der Waals surface area contributed by atoms with E-state index in [1.807, 2.05) is 4.72 Å². The number of carbonyl (C=O) groups excluding carboxylic acids is 1. The van der Waals surface area contributed by atoms with Gasteiger partial charge in [0.25, 0.3) is 0 Å². The Morgan fingerprint density at radius 2 is 1.65 bits per heavy atom. The van der Waals surface area contributed by atoms with Crippen molar-refractivity contribution >= 4 is 16.0 Å². The van der Waals surface area contributed by atoms with Crippen LogP contribution in [0.4, 0.5) is 17.6 Å². The number of sulfonamides is 1. The highest BCUT2D eigenvalue weighted by Gasteiger charge is 2.28. The van der Waals surface area contributed by atoms with Crippen molar-refractivity contribution in [3.63, 3.8) is 0 Å². The maximum Gasteiger partial charge on any atom is 0.307 e. The molecule has 0 aliphatic heterocycles. The largest absolute Gasteiger partial charge is 0.469 e. The molecule has 5 nitrogen and oxygen atoms in total. The van der Waals surface area contributed by atoms with Crippen LogP contribution in [0.2, 0.25) is 0 Å². The van der Waals surface area contributed by atoms with E-state index >= 15 is 0 Å². The van der Waals surface area contributed by atoms with Crippen molar-refractivity contribution in [1.29, 1.82) is 0 Å². The Bertz CT molecular complexity index is 917. The second-order valence-electron chi connectivity index (χ2n) is 5.18. The van der Waals surface area contributed by atoms with E-state index in [0.717, 1.165) is 19.2 Å². The highest BCUT2D eigenvalue weighted by molar-refractivity contribution is 7.89. The fraction of sp³-hybridized carbons (Fsp3) is 0.188. The smallest absolute Gasteiger partial charge is 0.307 e. The number of methoxy groups -OCH3 is 1. The summed E-state index contributed by atoms with van der Waals surface area (Å²) in [4.78, 5) is 10.4. The number of benzene rings is 2. The van der Waals surface area contributed by atoms with Gasteiger partial charge in [0.2, 0.25) is 10.0 Å². The number of nitrogens with one attached hydrogen (secondary N) is 1. The first kappa shape index (κ1) is 19.9. The quantitative estimate of drug-likeness (QED) is 0.467. The van der Waals surface area contributed by atoms with Crippen molar-refractivity contribution in [3.8, 4) is 0 Å². The van der Waals surface area contributed by atoms with E-state index in [-0.39, 0.29) is 5.56 Å². The molecule has 0 aliphatic rings. The summed E-state index contributed by atoms with van der Waals surface area (Å²) in [5.41, 5.74) is 0.184. The summed E-state index contributed by atoms with van der Waals surface area (Å²) in [5.74, 6) is -6.79. The van der Waals surface area contributed by atoms with Crippen LogP contribution in [0, 0.1) is 23.3 Å². The van der Waals surface area contributed by atoms with Crippen molar-refractivity contribution in [2.75, 3.05) is 7.11 Å². The molecule has 0 radical (unpaired) electrons. The van der Waals surface area contributed by atoms with Gasteiger partial charge in [-0.15, -0.1) is 0 Å². The molecule has 2 aromatic rings. The molecule has 1 atom stereocenters. The molecule has 0 fully saturated rings. The topological polar surface area (TPSA) is 72.5 Å². The van der Waals surface area contributed by atoms with Gasteiger partial charge in [-0.2, -0.15) is 0 Å². The van der Waals surface area contributed by atoms with Crippen LogP contribution >= 0.6 is 0 Å². The third-order valence-corrected chi connectivity index (χ3v) is 4.95. The first-order valence-electron chi connectivity index (χ1n) is 7.14. The van der Waals surface area contributed by atoms with Crippen molar-refractivity contribution < 1.29 is 35.5 Å². The number of halogens is 4. The molecule has 1 N–H and O–H groups in total. The van der Waals surface area contributed by atoms with Crippen molar-refractivity contribution in [2.24, 2.45) is 0 Å². The number of carbonyl (C=O) groups is 1. The molecule has 0 saturated carbocycles. The zero-order valence-corrected chi connectivity index (χ0v) is 14.1. The molecule has 0 aliphatic carbocycles. The highest BCUT2D eigenvalue weighted by Crippen LogP contribution is 2.24. The van der Waals surface area contributed by atoms with E-state index in [2.05, 4.69) is 4.74 Å². The molecule has 0 aromatic heterocycles. The van der Waals surface area contributed by atoms with E-state index in [9.17, 15) is 30.8 Å². The van der Waals surface area contributed by atoms with E-state index < -0.39 is 56.6 Å². The fourth-order valence-electron chi connectivity index (χ4n) is 2.14. The average Bonchev–Trinajstić information content (AvgIpc) is 2.59. The summed E-state index contributed by atoms with van der Waals surface area (Å²) in [7, 11) is -3.60. The maximum absolute atomic E-state index is 13.8. The minimum atomic E-state index is -4.67. The van der Waals surface area contributed by atoms with Crippen LogP contribution in [-0.4, -0.2) is 21.5 Å². The predicted octanol–water partition coefficient (Wildman–Crippen LogP) is 2.83. The van der Waals surface area contributed by atoms with Crippen molar-refractivity contribution in [2.45, 2.75) is 17.4 Å². The second kappa shape index (κ2) is 7.83. The summed E-state index contributed by atoms with van der Waals surface area (Å²) in [5, 5.41) is 0. The Balaban J connectivity index is 2.42. The van der Waals surface area contributed by atoms with Crippen LogP contribution in [0.3, 0.4) is 0 Å². The van der Waals surface area contributed by atoms with Gasteiger partial charge in [-0.05, 0) is 29.8 Å². The number of hydrogen-bond acceptors (Lipinski definition) is 4. The van der Waals surface area contributed by atoms with Gasteiger partial charge >= 0.3 is 5.97 Å². The molecule has 2 aromatic carbocycles. The zero-order chi connectivity index (χ0) is 19.5. The third-order valence-electron chi connectivity index (χ3n) is 3.46. The van der Waals surface area contributed by atoms with E-state index in [1.54, 1.807) is 0 Å². The zero-order valence-electron chi connectivity index (χ0n) is 13.3. The average molecular weight is 391 g/mol. The Hall–Kier alpha value is -2.46. The Labute approximate surface area is 146 Å². The van der Waals surface area contributed by atoms with Crippen LogP contribution in [0.15, 0.2) is 41.3 Å². The number of rotatable bonds is 6. The van der Waals surface area contributed by atoms with Gasteiger partial charge in [-0.25, -0.2) is 30.7 Å². The lowest BCUT2D eigenvalue weighted by Crippen LogP contribution is -2.31. The number of ether oxygens (including phenoxy) is 1. The van der Waals surface area contributed by atoms with Crippen LogP contribution in [-0.2, 0) is 19.6 Å². The van der Waals surface area contributed by atoms with Crippen molar-refractivity contribution in [1.82, 2.24) is 4.72 Å². The second-order valence-corrected chi connectivity index (χ2v) is 6.86. The third kappa shape index (κ3) is 4.38. The molecule has 0 amide bonds. The highest BCUT2D eigenvalue weighted by atomic mass is 32.2. The first-order valence-corrected chi connectivity index (χ1v) is 8.62. The maximum atomic E-state index is 13.8. The molecule has 10 heteroatoms. The van der Waals surface area contributed by atoms with Crippen LogP contribution in [0.5, 0.6) is 0 Å². The van der Waals surface area contributed by atoms with Crippen LogP contribution in [0.25, 0.3) is 0 Å². The van der Waals surface area contributed by atoms with Crippen molar-refractivity contribution in [3.05, 3.63) is 65.2 Å². The summed E-state index contributed by atoms with van der Waals surface area (Å²) in [6.45, 7) is 0. The summed E-state index contributed by atoms with van der Waals surface area (Å²) >= 11 is 0. The molecule has 140 valence electrons. The normalized spacial score (nSPS) is 12.7. The van der Waals surface area contributed by atoms with Gasteiger partial charge in [-0.1, -0.05) is 12.1 Å². The van der Waals surface area contributed by atoms with Gasteiger partial charge in [0.15, 0.2) is 17.5 Å². The lowest BCUT2D eigenvalue weighted by atomic mass is 10.1. The minimum Gasteiger partial charge on any atom is -0.469 e. The molecule has 0 spiro atoms. The molecule has 0 saturated heterocycles. The van der Waals surface area contributed by atoms with E-state index in [4.69, 9.17) is 0 Å². The molecular formula is C16H13F4NO4S. The predicted molar refractivity (Wildman–Crippen MR) is 82.4 cm³/mol. The Kier molecular flexibility index (Phi) is 5.98. The van der Waals surface area contributed by atoms with Crippen LogP contribution in [0.1, 0.15) is 18.0 Å². The summed E-state index contributed by atoms with van der Waals surface area (Å²) in [6, 6.07) is 4.26. The standard InChI is InChI=1S/C16H13F4NO4S/c1-25-14(22)8-12(9-2-4-10(17)5-3-9)21-26(23,24)13-7-6-11(18)15(19)16(13)20/h2-7,12,21H,8H2,1H3. The lowest BCUT2D eigenvalue weighted by molar-refractivity contribution is -0.141. The molecular weight excluding hydrogens is 378 g/mol. The molecule has 1 unspecified atom stereocenters. The van der Waals surface area contributed by atoms with Gasteiger partial charge < -0.3 is 4.74 Å². The molecule has 0 heterocycles. The molecule has 26 heavy (non-hydrogen) atoms. The molecule has 0 bridgehead atoms.